The van der Waals surface area contributed by atoms with Crippen LogP contribution in [0.1, 0.15) is 111 Å². The molecular formula is C44H59N3O5. The van der Waals surface area contributed by atoms with Crippen LogP contribution in [0.15, 0.2) is 66.7 Å². The molecule has 2 aliphatic heterocycles. The Morgan fingerprint density at radius 2 is 1.04 bits per heavy atom. The molecule has 0 saturated carbocycles. The van der Waals surface area contributed by atoms with Gasteiger partial charge in [-0.2, -0.15) is 0 Å². The minimum Gasteiger partial charge on any atom is -0.379 e. The van der Waals surface area contributed by atoms with Gasteiger partial charge in [0.1, 0.15) is 0 Å². The molecule has 3 heterocycles. The van der Waals surface area contributed by atoms with Gasteiger partial charge in [-0.3, -0.25) is 24.2 Å². The fourth-order valence-corrected chi connectivity index (χ4v) is 7.59. The molecule has 0 aliphatic carbocycles. The number of unbranched alkanes of at least 4 members (excludes halogenated alkanes) is 5. The largest absolute Gasteiger partial charge is 0.379 e. The van der Waals surface area contributed by atoms with Crippen molar-refractivity contribution in [3.05, 3.63) is 83.4 Å². The summed E-state index contributed by atoms with van der Waals surface area (Å²) < 4.78 is 13.5. The van der Waals surface area contributed by atoms with Gasteiger partial charge in [-0.1, -0.05) is 69.4 Å². The van der Waals surface area contributed by atoms with E-state index in [0.29, 0.717) is 37.6 Å². The second kappa shape index (κ2) is 17.9. The Morgan fingerprint density at radius 1 is 0.596 bits per heavy atom. The van der Waals surface area contributed by atoms with E-state index in [-0.39, 0.29) is 17.3 Å². The Kier molecular flexibility index (Phi) is 13.6. The quantitative estimate of drug-likeness (QED) is 0.0958. The van der Waals surface area contributed by atoms with Gasteiger partial charge in [-0.15, -0.1) is 0 Å². The van der Waals surface area contributed by atoms with E-state index in [1.54, 1.807) is 6.92 Å². The maximum absolute atomic E-state index is 14.0. The average molecular weight is 710 g/mol. The molecule has 0 atom stereocenters. The van der Waals surface area contributed by atoms with Crippen LogP contribution < -0.4 is 0 Å². The second-order valence-corrected chi connectivity index (χ2v) is 15.3. The Bertz CT molecular complexity index is 1710. The number of Topliss-reactive ketones (excluding diaryl/α,β-unsaturated/α-hetero) is 3. The fourth-order valence-electron chi connectivity index (χ4n) is 7.59. The average Bonchev–Trinajstić information content (AvgIpc) is 3.48. The van der Waals surface area contributed by atoms with Gasteiger partial charge >= 0.3 is 0 Å². The standard InChI is InChI=1S/C36H51N3O4.C8H8O/c1-6-7-8-9-10-11-16-39-31-14-12-27(33(40)35(2,3)37-17-21-42-22-18-37)25-29(31)30-26-28(13-15-32(30)39)34(41)36(4,5)38-19-23-43-24-20-38;1-7(9)8-5-3-2-4-6-8/h12-15,25-26H,6-11,16-24H2,1-5H3;2-6H,1H3. The van der Waals surface area contributed by atoms with Crippen molar-refractivity contribution in [1.29, 1.82) is 0 Å². The van der Waals surface area contributed by atoms with Crippen molar-refractivity contribution in [2.75, 3.05) is 52.6 Å². The van der Waals surface area contributed by atoms with Crippen LogP contribution in [-0.2, 0) is 16.0 Å². The summed E-state index contributed by atoms with van der Waals surface area (Å²) >= 11 is 0. The smallest absolute Gasteiger partial charge is 0.182 e. The molecule has 0 unspecified atom stereocenters. The topological polar surface area (TPSA) is 81.1 Å². The molecule has 2 saturated heterocycles. The molecule has 8 nitrogen and oxygen atoms in total. The highest BCUT2D eigenvalue weighted by Gasteiger charge is 2.37. The molecule has 6 rings (SSSR count). The SMILES string of the molecule is CC(=O)c1ccccc1.CCCCCCCCn1c2ccc(C(=O)C(C)(C)N3CCOCC3)cc2c2cc(C(=O)C(C)(C)N3CCOCC3)ccc21. The summed E-state index contributed by atoms with van der Waals surface area (Å²) in [4.78, 5) is 43.1. The number of carbonyl (C=O) groups is 3. The van der Waals surface area contributed by atoms with Gasteiger partial charge in [0.2, 0.25) is 0 Å². The van der Waals surface area contributed by atoms with E-state index in [1.165, 1.54) is 32.1 Å². The van der Waals surface area contributed by atoms with Crippen molar-refractivity contribution in [3.63, 3.8) is 0 Å². The van der Waals surface area contributed by atoms with Crippen molar-refractivity contribution < 1.29 is 23.9 Å². The number of hydrogen-bond donors (Lipinski definition) is 0. The third-order valence-electron chi connectivity index (χ3n) is 11.0. The molecule has 0 spiro atoms. The van der Waals surface area contributed by atoms with Crippen molar-refractivity contribution in [3.8, 4) is 0 Å². The van der Waals surface area contributed by atoms with Crippen LogP contribution in [0.3, 0.4) is 0 Å². The van der Waals surface area contributed by atoms with E-state index in [2.05, 4.69) is 45.6 Å². The first-order valence-corrected chi connectivity index (χ1v) is 19.3. The van der Waals surface area contributed by atoms with Crippen molar-refractivity contribution in [1.82, 2.24) is 14.4 Å². The lowest BCUT2D eigenvalue weighted by Gasteiger charge is -2.39. The minimum absolute atomic E-state index is 0.119. The maximum Gasteiger partial charge on any atom is 0.182 e. The lowest BCUT2D eigenvalue weighted by molar-refractivity contribution is -0.00442. The van der Waals surface area contributed by atoms with Crippen LogP contribution in [0.5, 0.6) is 0 Å². The van der Waals surface area contributed by atoms with Crippen molar-refractivity contribution in [2.45, 2.75) is 97.7 Å². The predicted octanol–water partition coefficient (Wildman–Crippen LogP) is 8.63. The van der Waals surface area contributed by atoms with Gasteiger partial charge < -0.3 is 14.0 Å². The van der Waals surface area contributed by atoms with Crippen molar-refractivity contribution >= 4 is 39.2 Å². The van der Waals surface area contributed by atoms with E-state index in [1.807, 2.05) is 70.2 Å². The molecule has 0 radical (unpaired) electrons. The first kappa shape index (κ1) is 39.5. The third-order valence-corrected chi connectivity index (χ3v) is 11.0. The Labute approximate surface area is 310 Å². The number of benzene rings is 3. The summed E-state index contributed by atoms with van der Waals surface area (Å²) in [7, 11) is 0. The summed E-state index contributed by atoms with van der Waals surface area (Å²) in [6.07, 6.45) is 7.41. The third kappa shape index (κ3) is 9.08. The molecule has 52 heavy (non-hydrogen) atoms. The number of ether oxygens (including phenoxy) is 2. The van der Waals surface area contributed by atoms with E-state index >= 15 is 0 Å². The molecule has 280 valence electrons. The van der Waals surface area contributed by atoms with E-state index in [0.717, 1.165) is 66.5 Å². The second-order valence-electron chi connectivity index (χ2n) is 15.3. The number of ketones is 3. The highest BCUT2D eigenvalue weighted by Crippen LogP contribution is 2.34. The zero-order chi connectivity index (χ0) is 37.3. The zero-order valence-electron chi connectivity index (χ0n) is 32.3. The van der Waals surface area contributed by atoms with Gasteiger partial charge in [0, 0.05) is 71.2 Å². The number of nitrogens with zero attached hydrogens (tertiary/aromatic N) is 3. The highest BCUT2D eigenvalue weighted by atomic mass is 16.5. The molecule has 2 fully saturated rings. The van der Waals surface area contributed by atoms with E-state index in [9.17, 15) is 14.4 Å². The van der Waals surface area contributed by atoms with Crippen LogP contribution in [0.2, 0.25) is 0 Å². The number of morpholine rings is 2. The Balaban J connectivity index is 0.000000507. The lowest BCUT2D eigenvalue weighted by atomic mass is 9.89. The molecule has 0 N–H and O–H groups in total. The minimum atomic E-state index is -0.627. The predicted molar refractivity (Wildman–Crippen MR) is 211 cm³/mol. The summed E-state index contributed by atoms with van der Waals surface area (Å²) in [5.74, 6) is 0.359. The number of aryl methyl sites for hydroxylation is 1. The van der Waals surface area contributed by atoms with Gasteiger partial charge in [-0.05, 0) is 77.4 Å². The van der Waals surface area contributed by atoms with Gasteiger partial charge in [0.05, 0.1) is 37.5 Å². The van der Waals surface area contributed by atoms with E-state index in [4.69, 9.17) is 9.47 Å². The monoisotopic (exact) mass is 709 g/mol. The summed E-state index contributed by atoms with van der Waals surface area (Å²) in [6, 6.07) is 21.6. The number of fused-ring (bicyclic) bond motifs is 3. The first-order valence-electron chi connectivity index (χ1n) is 19.3. The maximum atomic E-state index is 14.0. The molecule has 1 aromatic heterocycles. The first-order chi connectivity index (χ1) is 25.0. The van der Waals surface area contributed by atoms with Gasteiger partial charge in [0.25, 0.3) is 0 Å². The molecule has 8 heteroatoms. The van der Waals surface area contributed by atoms with Crippen LogP contribution >= 0.6 is 0 Å². The summed E-state index contributed by atoms with van der Waals surface area (Å²) in [6.45, 7) is 18.5. The number of hydrogen-bond acceptors (Lipinski definition) is 7. The Morgan fingerprint density at radius 3 is 1.46 bits per heavy atom. The zero-order valence-corrected chi connectivity index (χ0v) is 32.3. The number of rotatable bonds is 14. The molecule has 2 aliphatic rings. The summed E-state index contributed by atoms with van der Waals surface area (Å²) in [5, 5.41) is 2.09. The van der Waals surface area contributed by atoms with E-state index < -0.39 is 11.1 Å². The van der Waals surface area contributed by atoms with Crippen molar-refractivity contribution in [2.24, 2.45) is 0 Å². The normalized spacial score (nSPS) is 16.1. The van der Waals surface area contributed by atoms with Gasteiger partial charge in [-0.25, -0.2) is 0 Å². The van der Waals surface area contributed by atoms with Crippen LogP contribution in [0.4, 0.5) is 0 Å². The number of carbonyl (C=O) groups excluding carboxylic acids is 3. The fraction of sp³-hybridized carbons (Fsp3) is 0.523. The van der Waals surface area contributed by atoms with Crippen LogP contribution in [0, 0.1) is 0 Å². The van der Waals surface area contributed by atoms with Crippen LogP contribution in [-0.4, -0.2) is 95.4 Å². The summed E-state index contributed by atoms with van der Waals surface area (Å²) in [5.41, 5.74) is 3.20. The molecular weight excluding hydrogens is 651 g/mol. The highest BCUT2D eigenvalue weighted by molar-refractivity contribution is 6.14. The molecule has 4 aromatic rings. The lowest BCUT2D eigenvalue weighted by Crippen LogP contribution is -2.54. The van der Waals surface area contributed by atoms with Crippen LogP contribution in [0.25, 0.3) is 21.8 Å². The Hall–Kier alpha value is -3.69. The number of aromatic nitrogens is 1. The van der Waals surface area contributed by atoms with Gasteiger partial charge in [0.15, 0.2) is 17.3 Å². The molecule has 0 bridgehead atoms. The molecule has 0 amide bonds. The molecule has 3 aromatic carbocycles.